The van der Waals surface area contributed by atoms with Crippen LogP contribution in [-0.2, 0) is 0 Å². The zero-order chi connectivity index (χ0) is 12.4. The summed E-state index contributed by atoms with van der Waals surface area (Å²) in [6.07, 6.45) is 2.52. The van der Waals surface area contributed by atoms with Gasteiger partial charge in [0.25, 0.3) is 0 Å². The van der Waals surface area contributed by atoms with Crippen molar-refractivity contribution in [2.45, 2.75) is 31.9 Å². The molecule has 2 heteroatoms. The molecule has 3 rings (SSSR count). The van der Waals surface area contributed by atoms with Gasteiger partial charge in [-0.1, -0.05) is 36.4 Å². The van der Waals surface area contributed by atoms with E-state index in [1.807, 2.05) is 0 Å². The first-order valence-electron chi connectivity index (χ1n) is 6.71. The molecule has 0 saturated carbocycles. The molecule has 1 heterocycles. The lowest BCUT2D eigenvalue weighted by Crippen LogP contribution is -2.40. The first kappa shape index (κ1) is 11.5. The van der Waals surface area contributed by atoms with Gasteiger partial charge in [-0.2, -0.15) is 0 Å². The molecular weight excluding hydrogens is 222 g/mol. The van der Waals surface area contributed by atoms with E-state index >= 15 is 0 Å². The minimum absolute atomic E-state index is 0.340. The van der Waals surface area contributed by atoms with Gasteiger partial charge >= 0.3 is 0 Å². The molecule has 94 valence electrons. The number of benzene rings is 2. The van der Waals surface area contributed by atoms with Gasteiger partial charge in [-0.25, -0.2) is 0 Å². The molecule has 2 aromatic carbocycles. The Morgan fingerprint density at radius 2 is 1.94 bits per heavy atom. The number of hydrogen-bond acceptors (Lipinski definition) is 2. The minimum Gasteiger partial charge on any atom is -0.490 e. The van der Waals surface area contributed by atoms with Crippen molar-refractivity contribution < 1.29 is 4.74 Å². The zero-order valence-corrected chi connectivity index (χ0v) is 10.7. The fourth-order valence-electron chi connectivity index (χ4n) is 2.67. The highest BCUT2D eigenvalue weighted by Gasteiger charge is 2.20. The fraction of sp³-hybridized carbons (Fsp3) is 0.375. The molecule has 2 unspecified atom stereocenters. The zero-order valence-electron chi connectivity index (χ0n) is 10.7. The maximum atomic E-state index is 6.20. The number of piperidine rings is 1. The first-order chi connectivity index (χ1) is 8.83. The van der Waals surface area contributed by atoms with Crippen LogP contribution in [0.25, 0.3) is 10.8 Å². The summed E-state index contributed by atoms with van der Waals surface area (Å²) in [7, 11) is 0. The van der Waals surface area contributed by atoms with Crippen LogP contribution >= 0.6 is 0 Å². The van der Waals surface area contributed by atoms with Crippen LogP contribution in [0.3, 0.4) is 0 Å². The van der Waals surface area contributed by atoms with Crippen molar-refractivity contribution in [2.75, 3.05) is 6.54 Å². The largest absolute Gasteiger partial charge is 0.490 e. The van der Waals surface area contributed by atoms with Crippen LogP contribution in [0.2, 0.25) is 0 Å². The highest BCUT2D eigenvalue weighted by molar-refractivity contribution is 5.88. The lowest BCUT2D eigenvalue weighted by molar-refractivity contribution is 0.146. The van der Waals surface area contributed by atoms with Crippen LogP contribution in [0, 0.1) is 0 Å². The lowest BCUT2D eigenvalue weighted by atomic mass is 10.0. The summed E-state index contributed by atoms with van der Waals surface area (Å²) in [5.74, 6) is 1.02. The topological polar surface area (TPSA) is 21.3 Å². The van der Waals surface area contributed by atoms with E-state index in [-0.39, 0.29) is 0 Å². The number of rotatable bonds is 2. The van der Waals surface area contributed by atoms with Gasteiger partial charge in [0.15, 0.2) is 0 Å². The molecule has 2 nitrogen and oxygen atoms in total. The Morgan fingerprint density at radius 1 is 1.11 bits per heavy atom. The van der Waals surface area contributed by atoms with Crippen molar-refractivity contribution in [3.05, 3.63) is 42.5 Å². The second-order valence-electron chi connectivity index (χ2n) is 5.10. The molecule has 18 heavy (non-hydrogen) atoms. The predicted octanol–water partition coefficient (Wildman–Crippen LogP) is 3.36. The quantitative estimate of drug-likeness (QED) is 0.870. The summed E-state index contributed by atoms with van der Waals surface area (Å²) in [6.45, 7) is 3.27. The van der Waals surface area contributed by atoms with Gasteiger partial charge < -0.3 is 10.1 Å². The van der Waals surface area contributed by atoms with Crippen LogP contribution in [0.15, 0.2) is 42.5 Å². The summed E-state index contributed by atoms with van der Waals surface area (Å²) in [5, 5.41) is 5.92. The maximum Gasteiger partial charge on any atom is 0.127 e. The van der Waals surface area contributed by atoms with Crippen LogP contribution in [0.5, 0.6) is 5.75 Å². The molecule has 0 radical (unpaired) electrons. The molecule has 1 N–H and O–H groups in total. The van der Waals surface area contributed by atoms with Crippen molar-refractivity contribution in [1.29, 1.82) is 0 Å². The van der Waals surface area contributed by atoms with E-state index in [4.69, 9.17) is 4.74 Å². The van der Waals surface area contributed by atoms with Gasteiger partial charge in [0.2, 0.25) is 0 Å². The van der Waals surface area contributed by atoms with Gasteiger partial charge in [-0.05, 0) is 37.8 Å². The Bertz CT molecular complexity index is 532. The van der Waals surface area contributed by atoms with Crippen molar-refractivity contribution in [3.8, 4) is 5.75 Å². The molecule has 0 bridgehead atoms. The molecule has 2 atom stereocenters. The number of hydrogen-bond donors (Lipinski definition) is 1. The molecule has 0 aromatic heterocycles. The van der Waals surface area contributed by atoms with E-state index in [1.165, 1.54) is 10.8 Å². The fourth-order valence-corrected chi connectivity index (χ4v) is 2.67. The molecule has 1 aliphatic heterocycles. The smallest absolute Gasteiger partial charge is 0.127 e. The Balaban J connectivity index is 1.86. The number of ether oxygens (including phenoxy) is 1. The maximum absolute atomic E-state index is 6.20. The minimum atomic E-state index is 0.340. The van der Waals surface area contributed by atoms with Gasteiger partial charge in [0.1, 0.15) is 11.9 Å². The summed E-state index contributed by atoms with van der Waals surface area (Å²) in [6, 6.07) is 15.2. The molecule has 0 aliphatic carbocycles. The van der Waals surface area contributed by atoms with Crippen molar-refractivity contribution in [2.24, 2.45) is 0 Å². The third kappa shape index (κ3) is 2.34. The number of nitrogens with one attached hydrogen (secondary N) is 1. The van der Waals surface area contributed by atoms with E-state index in [9.17, 15) is 0 Å². The van der Waals surface area contributed by atoms with Crippen molar-refractivity contribution in [1.82, 2.24) is 5.32 Å². The average molecular weight is 241 g/mol. The van der Waals surface area contributed by atoms with Crippen molar-refractivity contribution in [3.63, 3.8) is 0 Å². The summed E-state index contributed by atoms with van der Waals surface area (Å²) in [5.41, 5.74) is 0. The Labute approximate surface area is 108 Å². The second kappa shape index (κ2) is 4.99. The highest BCUT2D eigenvalue weighted by Crippen LogP contribution is 2.27. The van der Waals surface area contributed by atoms with Gasteiger partial charge in [-0.15, -0.1) is 0 Å². The molecular formula is C16H19NO. The lowest BCUT2D eigenvalue weighted by Gasteiger charge is -2.28. The van der Waals surface area contributed by atoms with Crippen LogP contribution in [0.4, 0.5) is 0 Å². The van der Waals surface area contributed by atoms with E-state index in [0.717, 1.165) is 25.1 Å². The molecule has 1 fully saturated rings. The normalized spacial score (nSPS) is 24.1. The molecule has 1 aliphatic rings. The Kier molecular flexibility index (Phi) is 3.20. The summed E-state index contributed by atoms with van der Waals surface area (Å²) in [4.78, 5) is 0. The molecule has 0 amide bonds. The first-order valence-corrected chi connectivity index (χ1v) is 6.71. The molecule has 2 aromatic rings. The molecule has 1 saturated heterocycles. The second-order valence-corrected chi connectivity index (χ2v) is 5.10. The third-order valence-corrected chi connectivity index (χ3v) is 3.62. The summed E-state index contributed by atoms with van der Waals surface area (Å²) >= 11 is 0. The molecule has 0 spiro atoms. The van der Waals surface area contributed by atoms with Gasteiger partial charge in [-0.3, -0.25) is 0 Å². The van der Waals surface area contributed by atoms with E-state index in [2.05, 4.69) is 54.7 Å². The third-order valence-electron chi connectivity index (χ3n) is 3.62. The standard InChI is InChI=1S/C16H19NO/c1-12-11-14(9-10-17-12)18-16-8-4-6-13-5-2-3-7-15(13)16/h2-8,12,14,17H,9-11H2,1H3. The highest BCUT2D eigenvalue weighted by atomic mass is 16.5. The Morgan fingerprint density at radius 3 is 2.83 bits per heavy atom. The monoisotopic (exact) mass is 241 g/mol. The SMILES string of the molecule is CC1CC(Oc2cccc3ccccc23)CCN1. The van der Waals surface area contributed by atoms with E-state index in [0.29, 0.717) is 12.1 Å². The average Bonchev–Trinajstić information content (AvgIpc) is 2.39. The van der Waals surface area contributed by atoms with Crippen LogP contribution in [-0.4, -0.2) is 18.7 Å². The van der Waals surface area contributed by atoms with Crippen LogP contribution in [0.1, 0.15) is 19.8 Å². The van der Waals surface area contributed by atoms with Crippen LogP contribution < -0.4 is 10.1 Å². The van der Waals surface area contributed by atoms with Crippen molar-refractivity contribution >= 4 is 10.8 Å². The van der Waals surface area contributed by atoms with E-state index < -0.39 is 0 Å². The predicted molar refractivity (Wildman–Crippen MR) is 75.1 cm³/mol. The van der Waals surface area contributed by atoms with Gasteiger partial charge in [0.05, 0.1) is 0 Å². The Hall–Kier alpha value is -1.54. The van der Waals surface area contributed by atoms with E-state index in [1.54, 1.807) is 0 Å². The van der Waals surface area contributed by atoms with Gasteiger partial charge in [0, 0.05) is 11.4 Å². The number of fused-ring (bicyclic) bond motifs is 1. The summed E-state index contributed by atoms with van der Waals surface area (Å²) < 4.78 is 6.20.